The van der Waals surface area contributed by atoms with Crippen molar-refractivity contribution >= 4 is 5.82 Å². The van der Waals surface area contributed by atoms with Gasteiger partial charge in [-0.3, -0.25) is 0 Å². The Hall–Kier alpha value is -1.16. The highest BCUT2D eigenvalue weighted by molar-refractivity contribution is 5.49. The van der Waals surface area contributed by atoms with E-state index in [0.29, 0.717) is 5.92 Å². The molecule has 1 N–H and O–H groups in total. The molecule has 0 saturated heterocycles. The second-order valence-corrected chi connectivity index (χ2v) is 5.28. The Bertz CT molecular complexity index is 424. The molecule has 4 heteroatoms. The maximum atomic E-state index is 4.79. The van der Waals surface area contributed by atoms with Crippen molar-refractivity contribution in [3.8, 4) is 0 Å². The standard InChI is InChI=1S/C13H20N4/c1-17(2)13-10-6-7-14-8-11(10)15-12(16-13)9-4-3-5-9/h9,14H,3-8H2,1-2H3. The lowest BCUT2D eigenvalue weighted by Crippen LogP contribution is -2.29. The first kappa shape index (κ1) is 11.0. The highest BCUT2D eigenvalue weighted by Gasteiger charge is 2.26. The summed E-state index contributed by atoms with van der Waals surface area (Å²) in [5, 5.41) is 3.40. The molecular formula is C13H20N4. The highest BCUT2D eigenvalue weighted by Crippen LogP contribution is 2.36. The summed E-state index contributed by atoms with van der Waals surface area (Å²) in [5.74, 6) is 2.82. The summed E-state index contributed by atoms with van der Waals surface area (Å²) >= 11 is 0. The third-order valence-corrected chi connectivity index (χ3v) is 3.83. The first-order valence-corrected chi connectivity index (χ1v) is 6.53. The fraction of sp³-hybridized carbons (Fsp3) is 0.692. The molecule has 1 aromatic heterocycles. The van der Waals surface area contributed by atoms with E-state index in [2.05, 4.69) is 24.3 Å². The summed E-state index contributed by atoms with van der Waals surface area (Å²) in [4.78, 5) is 11.7. The molecule has 0 unspecified atom stereocenters. The number of aromatic nitrogens is 2. The second kappa shape index (κ2) is 4.26. The van der Waals surface area contributed by atoms with Crippen LogP contribution in [-0.2, 0) is 13.0 Å². The zero-order chi connectivity index (χ0) is 11.8. The lowest BCUT2D eigenvalue weighted by atomic mass is 9.84. The SMILES string of the molecule is CN(C)c1nc(C2CCC2)nc2c1CCNC2. The molecule has 2 heterocycles. The Kier molecular flexibility index (Phi) is 2.74. The molecule has 1 fully saturated rings. The first-order valence-electron chi connectivity index (χ1n) is 6.53. The maximum Gasteiger partial charge on any atom is 0.135 e. The van der Waals surface area contributed by atoms with Gasteiger partial charge in [-0.25, -0.2) is 9.97 Å². The van der Waals surface area contributed by atoms with Crippen LogP contribution in [0.2, 0.25) is 0 Å². The molecule has 0 amide bonds. The average molecular weight is 232 g/mol. The number of anilines is 1. The minimum absolute atomic E-state index is 0.612. The molecular weight excluding hydrogens is 212 g/mol. The van der Waals surface area contributed by atoms with Gasteiger partial charge in [0.25, 0.3) is 0 Å². The predicted molar refractivity (Wildman–Crippen MR) is 68.4 cm³/mol. The third-order valence-electron chi connectivity index (χ3n) is 3.83. The lowest BCUT2D eigenvalue weighted by Gasteiger charge is -2.28. The summed E-state index contributed by atoms with van der Waals surface area (Å²) in [5.41, 5.74) is 2.56. The van der Waals surface area contributed by atoms with Gasteiger partial charge in [-0.2, -0.15) is 0 Å². The molecule has 1 aliphatic carbocycles. The van der Waals surface area contributed by atoms with E-state index in [9.17, 15) is 0 Å². The van der Waals surface area contributed by atoms with Gasteiger partial charge in [0.2, 0.25) is 0 Å². The molecule has 0 spiro atoms. The Morgan fingerprint density at radius 1 is 1.24 bits per heavy atom. The molecule has 2 aliphatic rings. The minimum Gasteiger partial charge on any atom is -0.362 e. The van der Waals surface area contributed by atoms with Crippen LogP contribution in [0.25, 0.3) is 0 Å². The van der Waals surface area contributed by atoms with Crippen molar-refractivity contribution in [3.63, 3.8) is 0 Å². The van der Waals surface area contributed by atoms with E-state index < -0.39 is 0 Å². The maximum absolute atomic E-state index is 4.79. The minimum atomic E-state index is 0.612. The number of nitrogens with one attached hydrogen (secondary N) is 1. The molecule has 0 radical (unpaired) electrons. The van der Waals surface area contributed by atoms with Crippen LogP contribution in [0.4, 0.5) is 5.82 Å². The normalized spacial score (nSPS) is 19.6. The van der Waals surface area contributed by atoms with Crippen molar-refractivity contribution in [2.45, 2.75) is 38.1 Å². The van der Waals surface area contributed by atoms with Gasteiger partial charge in [0, 0.05) is 32.1 Å². The van der Waals surface area contributed by atoms with Crippen LogP contribution >= 0.6 is 0 Å². The van der Waals surface area contributed by atoms with E-state index in [4.69, 9.17) is 9.97 Å². The van der Waals surface area contributed by atoms with Crippen molar-refractivity contribution in [2.24, 2.45) is 0 Å². The summed E-state index contributed by atoms with van der Waals surface area (Å²) in [7, 11) is 4.16. The van der Waals surface area contributed by atoms with Gasteiger partial charge in [0.15, 0.2) is 0 Å². The van der Waals surface area contributed by atoms with Crippen molar-refractivity contribution in [1.29, 1.82) is 0 Å². The Labute approximate surface area is 102 Å². The van der Waals surface area contributed by atoms with Gasteiger partial charge in [0.05, 0.1) is 5.69 Å². The molecule has 0 aromatic carbocycles. The van der Waals surface area contributed by atoms with Crippen molar-refractivity contribution in [2.75, 3.05) is 25.5 Å². The summed E-state index contributed by atoms with van der Waals surface area (Å²) in [6, 6.07) is 0. The van der Waals surface area contributed by atoms with Gasteiger partial charge in [-0.1, -0.05) is 6.42 Å². The van der Waals surface area contributed by atoms with Gasteiger partial charge < -0.3 is 10.2 Å². The first-order chi connectivity index (χ1) is 8.25. The number of nitrogens with zero attached hydrogens (tertiary/aromatic N) is 3. The van der Waals surface area contributed by atoms with Crippen LogP contribution in [0, 0.1) is 0 Å². The van der Waals surface area contributed by atoms with Gasteiger partial charge in [-0.15, -0.1) is 0 Å². The smallest absolute Gasteiger partial charge is 0.135 e. The van der Waals surface area contributed by atoms with Crippen LogP contribution in [0.1, 0.15) is 42.3 Å². The monoisotopic (exact) mass is 232 g/mol. The molecule has 92 valence electrons. The van der Waals surface area contributed by atoms with Crippen LogP contribution in [0.3, 0.4) is 0 Å². The zero-order valence-corrected chi connectivity index (χ0v) is 10.7. The zero-order valence-electron chi connectivity index (χ0n) is 10.7. The molecule has 1 saturated carbocycles. The number of hydrogen-bond acceptors (Lipinski definition) is 4. The van der Waals surface area contributed by atoms with E-state index in [1.165, 1.54) is 30.5 Å². The van der Waals surface area contributed by atoms with Gasteiger partial charge in [-0.05, 0) is 25.8 Å². The predicted octanol–water partition coefficient (Wildman–Crippen LogP) is 1.46. The molecule has 17 heavy (non-hydrogen) atoms. The topological polar surface area (TPSA) is 41.1 Å². The summed E-state index contributed by atoms with van der Waals surface area (Å²) < 4.78 is 0. The largest absolute Gasteiger partial charge is 0.362 e. The van der Waals surface area contributed by atoms with Crippen LogP contribution < -0.4 is 10.2 Å². The molecule has 0 bridgehead atoms. The summed E-state index contributed by atoms with van der Waals surface area (Å²) in [6.45, 7) is 1.94. The van der Waals surface area contributed by atoms with Crippen molar-refractivity contribution in [3.05, 3.63) is 17.1 Å². The number of rotatable bonds is 2. The lowest BCUT2D eigenvalue weighted by molar-refractivity contribution is 0.398. The van der Waals surface area contributed by atoms with E-state index in [0.717, 1.165) is 31.2 Å². The molecule has 1 aliphatic heterocycles. The molecule has 1 aromatic rings. The van der Waals surface area contributed by atoms with E-state index in [-0.39, 0.29) is 0 Å². The van der Waals surface area contributed by atoms with Crippen molar-refractivity contribution < 1.29 is 0 Å². The Balaban J connectivity index is 2.04. The van der Waals surface area contributed by atoms with Crippen LogP contribution in [0.5, 0.6) is 0 Å². The van der Waals surface area contributed by atoms with Crippen LogP contribution in [0.15, 0.2) is 0 Å². The van der Waals surface area contributed by atoms with Crippen molar-refractivity contribution in [1.82, 2.24) is 15.3 Å². The third kappa shape index (κ3) is 1.90. The Morgan fingerprint density at radius 2 is 2.06 bits per heavy atom. The second-order valence-electron chi connectivity index (χ2n) is 5.28. The fourth-order valence-electron chi connectivity index (χ4n) is 2.58. The van der Waals surface area contributed by atoms with E-state index >= 15 is 0 Å². The number of hydrogen-bond donors (Lipinski definition) is 1. The molecule has 3 rings (SSSR count). The number of fused-ring (bicyclic) bond motifs is 1. The fourth-order valence-corrected chi connectivity index (χ4v) is 2.58. The van der Waals surface area contributed by atoms with E-state index in [1.807, 2.05) is 0 Å². The highest BCUT2D eigenvalue weighted by atomic mass is 15.2. The van der Waals surface area contributed by atoms with Gasteiger partial charge >= 0.3 is 0 Å². The summed E-state index contributed by atoms with van der Waals surface area (Å²) in [6.07, 6.45) is 4.91. The van der Waals surface area contributed by atoms with E-state index in [1.54, 1.807) is 0 Å². The van der Waals surface area contributed by atoms with Gasteiger partial charge in [0.1, 0.15) is 11.6 Å². The molecule has 0 atom stereocenters. The Morgan fingerprint density at radius 3 is 2.71 bits per heavy atom. The van der Waals surface area contributed by atoms with Crippen LogP contribution in [-0.4, -0.2) is 30.6 Å². The quantitative estimate of drug-likeness (QED) is 0.838. The molecule has 4 nitrogen and oxygen atoms in total. The average Bonchev–Trinajstić information content (AvgIpc) is 2.25.